The molecule has 0 radical (unpaired) electrons. The van der Waals surface area contributed by atoms with Gasteiger partial charge in [-0.25, -0.2) is 4.98 Å². The Labute approximate surface area is 145 Å². The Morgan fingerprint density at radius 3 is 2.75 bits per heavy atom. The zero-order chi connectivity index (χ0) is 17.3. The van der Waals surface area contributed by atoms with E-state index in [9.17, 15) is 4.79 Å². The summed E-state index contributed by atoms with van der Waals surface area (Å²) in [5, 5.41) is 2.79. The summed E-state index contributed by atoms with van der Waals surface area (Å²) >= 11 is 5.56. The van der Waals surface area contributed by atoms with Gasteiger partial charge in [-0.1, -0.05) is 26.0 Å². The minimum Gasteiger partial charge on any atom is -0.436 e. The fourth-order valence-electron chi connectivity index (χ4n) is 2.50. The van der Waals surface area contributed by atoms with Crippen molar-refractivity contribution in [3.05, 3.63) is 47.5 Å². The minimum atomic E-state index is -0.240. The normalized spacial score (nSPS) is 11.2. The Bertz CT molecular complexity index is 900. The first-order valence-corrected chi connectivity index (χ1v) is 8.38. The van der Waals surface area contributed by atoms with E-state index in [0.717, 1.165) is 22.2 Å². The number of hydrogen-bond donors (Lipinski definition) is 1. The van der Waals surface area contributed by atoms with Gasteiger partial charge in [0.2, 0.25) is 11.8 Å². The predicted octanol–water partition coefficient (Wildman–Crippen LogP) is 5.10. The molecular weight excluding hydrogens is 324 g/mol. The number of carbonyl (C=O) groups is 1. The van der Waals surface area contributed by atoms with Crippen LogP contribution in [0.15, 0.2) is 40.8 Å². The van der Waals surface area contributed by atoms with E-state index in [-0.39, 0.29) is 11.8 Å². The first-order valence-electron chi connectivity index (χ1n) is 7.85. The summed E-state index contributed by atoms with van der Waals surface area (Å²) in [5.74, 6) is 0.652. The molecule has 0 fully saturated rings. The molecule has 124 valence electrons. The summed E-state index contributed by atoms with van der Waals surface area (Å²) < 4.78 is 5.87. The second-order valence-electron chi connectivity index (χ2n) is 6.11. The molecular formula is C19H19ClN2O2. The van der Waals surface area contributed by atoms with Gasteiger partial charge in [0.25, 0.3) is 0 Å². The molecule has 0 aliphatic heterocycles. The monoisotopic (exact) mass is 342 g/mol. The summed E-state index contributed by atoms with van der Waals surface area (Å²) in [5.41, 5.74) is 5.29. The van der Waals surface area contributed by atoms with Gasteiger partial charge in [-0.3, -0.25) is 4.79 Å². The fraction of sp³-hybridized carbons (Fsp3) is 0.263. The van der Waals surface area contributed by atoms with Gasteiger partial charge in [-0.2, -0.15) is 0 Å². The number of oxazole rings is 1. The molecule has 1 heterocycles. The van der Waals surface area contributed by atoms with Crippen LogP contribution in [-0.2, 0) is 4.79 Å². The second kappa shape index (κ2) is 6.65. The van der Waals surface area contributed by atoms with Gasteiger partial charge in [0.1, 0.15) is 11.4 Å². The zero-order valence-corrected chi connectivity index (χ0v) is 14.6. The van der Waals surface area contributed by atoms with Crippen LogP contribution in [-0.4, -0.2) is 16.8 Å². The van der Waals surface area contributed by atoms with Crippen LogP contribution in [0.5, 0.6) is 0 Å². The van der Waals surface area contributed by atoms with Gasteiger partial charge >= 0.3 is 0 Å². The molecule has 0 spiro atoms. The molecule has 24 heavy (non-hydrogen) atoms. The van der Waals surface area contributed by atoms with E-state index >= 15 is 0 Å². The van der Waals surface area contributed by atoms with E-state index in [1.807, 2.05) is 31.2 Å². The third-order valence-electron chi connectivity index (χ3n) is 3.96. The van der Waals surface area contributed by atoms with Crippen LogP contribution >= 0.6 is 11.6 Å². The average molecular weight is 343 g/mol. The molecule has 0 saturated heterocycles. The van der Waals surface area contributed by atoms with Crippen LogP contribution in [0.2, 0.25) is 0 Å². The third-order valence-corrected chi connectivity index (χ3v) is 4.20. The van der Waals surface area contributed by atoms with E-state index in [0.29, 0.717) is 17.5 Å². The van der Waals surface area contributed by atoms with Gasteiger partial charge in [-0.05, 0) is 48.2 Å². The zero-order valence-electron chi connectivity index (χ0n) is 13.9. The Morgan fingerprint density at radius 1 is 1.25 bits per heavy atom. The lowest BCUT2D eigenvalue weighted by Crippen LogP contribution is -2.13. The van der Waals surface area contributed by atoms with Crippen molar-refractivity contribution in [3.63, 3.8) is 0 Å². The maximum absolute atomic E-state index is 11.5. The molecule has 4 nitrogen and oxygen atoms in total. The molecule has 0 aliphatic rings. The molecule has 5 heteroatoms. The number of benzene rings is 2. The van der Waals surface area contributed by atoms with E-state index in [1.165, 1.54) is 5.56 Å². The number of amides is 1. The number of alkyl halides is 1. The number of hydrogen-bond acceptors (Lipinski definition) is 3. The molecule has 1 amide bonds. The van der Waals surface area contributed by atoms with E-state index < -0.39 is 0 Å². The Kier molecular flexibility index (Phi) is 4.58. The van der Waals surface area contributed by atoms with Crippen molar-refractivity contribution in [2.75, 3.05) is 11.2 Å². The number of nitrogens with zero attached hydrogens (tertiary/aromatic N) is 1. The van der Waals surface area contributed by atoms with Gasteiger partial charge in [0.05, 0.1) is 0 Å². The highest BCUT2D eigenvalue weighted by molar-refractivity contribution is 6.29. The lowest BCUT2D eigenvalue weighted by molar-refractivity contribution is -0.113. The Hall–Kier alpha value is -2.33. The number of carbonyl (C=O) groups excluding carboxylic acids is 1. The van der Waals surface area contributed by atoms with Gasteiger partial charge < -0.3 is 9.73 Å². The molecule has 3 aromatic rings. The average Bonchev–Trinajstić information content (AvgIpc) is 2.99. The summed E-state index contributed by atoms with van der Waals surface area (Å²) in [6.07, 6.45) is 0. The van der Waals surface area contributed by atoms with Crippen molar-refractivity contribution in [2.45, 2.75) is 26.7 Å². The molecule has 1 aromatic heterocycles. The van der Waals surface area contributed by atoms with Crippen LogP contribution in [0.3, 0.4) is 0 Å². The lowest BCUT2D eigenvalue weighted by atomic mass is 10.0. The predicted molar refractivity (Wildman–Crippen MR) is 97.6 cm³/mol. The molecule has 3 rings (SSSR count). The molecule has 0 bridgehead atoms. The van der Waals surface area contributed by atoms with Crippen molar-refractivity contribution in [3.8, 4) is 11.5 Å². The topological polar surface area (TPSA) is 55.1 Å². The number of rotatable bonds is 4. The van der Waals surface area contributed by atoms with Crippen LogP contribution < -0.4 is 5.32 Å². The van der Waals surface area contributed by atoms with E-state index in [2.05, 4.69) is 36.3 Å². The van der Waals surface area contributed by atoms with Crippen molar-refractivity contribution in [1.29, 1.82) is 0 Å². The highest BCUT2D eigenvalue weighted by Gasteiger charge is 2.12. The van der Waals surface area contributed by atoms with Gasteiger partial charge in [0.15, 0.2) is 5.58 Å². The van der Waals surface area contributed by atoms with Crippen molar-refractivity contribution < 1.29 is 9.21 Å². The minimum absolute atomic E-state index is 0.0788. The van der Waals surface area contributed by atoms with Gasteiger partial charge in [-0.15, -0.1) is 11.6 Å². The highest BCUT2D eigenvalue weighted by atomic mass is 35.5. The lowest BCUT2D eigenvalue weighted by Gasteiger charge is -2.08. The number of fused-ring (bicyclic) bond motifs is 1. The number of aromatic nitrogens is 1. The third kappa shape index (κ3) is 3.29. The summed E-state index contributed by atoms with van der Waals surface area (Å²) in [7, 11) is 0. The number of anilines is 1. The standard InChI is InChI=1S/C19H19ClN2O2/c1-11(2)13-6-7-17-16(8-13)22-19(24-17)14-5-4-12(3)15(9-14)21-18(23)10-20/h4-9,11H,10H2,1-3H3,(H,21,23). The number of aryl methyl sites for hydroxylation is 1. The van der Waals surface area contributed by atoms with Gasteiger partial charge in [0, 0.05) is 11.3 Å². The van der Waals surface area contributed by atoms with Crippen LogP contribution in [0, 0.1) is 6.92 Å². The van der Waals surface area contributed by atoms with Crippen molar-refractivity contribution in [2.24, 2.45) is 0 Å². The van der Waals surface area contributed by atoms with Crippen molar-refractivity contribution in [1.82, 2.24) is 4.98 Å². The van der Waals surface area contributed by atoms with E-state index in [1.54, 1.807) is 0 Å². The maximum atomic E-state index is 11.5. The summed E-state index contributed by atoms with van der Waals surface area (Å²) in [6, 6.07) is 11.8. The highest BCUT2D eigenvalue weighted by Crippen LogP contribution is 2.29. The van der Waals surface area contributed by atoms with E-state index in [4.69, 9.17) is 16.0 Å². The summed E-state index contributed by atoms with van der Waals surface area (Å²) in [6.45, 7) is 6.22. The summed E-state index contributed by atoms with van der Waals surface area (Å²) in [4.78, 5) is 16.1. The maximum Gasteiger partial charge on any atom is 0.239 e. The fourth-order valence-corrected chi connectivity index (χ4v) is 2.57. The second-order valence-corrected chi connectivity index (χ2v) is 6.38. The smallest absolute Gasteiger partial charge is 0.239 e. The molecule has 0 saturated carbocycles. The molecule has 2 aromatic carbocycles. The molecule has 0 aliphatic carbocycles. The Morgan fingerprint density at radius 2 is 2.04 bits per heavy atom. The molecule has 0 unspecified atom stereocenters. The van der Waals surface area contributed by atoms with Crippen LogP contribution in [0.1, 0.15) is 30.9 Å². The van der Waals surface area contributed by atoms with Crippen LogP contribution in [0.25, 0.3) is 22.6 Å². The van der Waals surface area contributed by atoms with Crippen LogP contribution in [0.4, 0.5) is 5.69 Å². The number of halogens is 1. The number of nitrogens with one attached hydrogen (secondary N) is 1. The first kappa shape index (κ1) is 16.5. The molecule has 0 atom stereocenters. The first-order chi connectivity index (χ1) is 11.5. The van der Waals surface area contributed by atoms with Crippen molar-refractivity contribution >= 4 is 34.3 Å². The molecule has 1 N–H and O–H groups in total. The largest absolute Gasteiger partial charge is 0.436 e. The quantitative estimate of drug-likeness (QED) is 0.671. The Balaban J connectivity index is 2.00. The SMILES string of the molecule is Cc1ccc(-c2nc3cc(C(C)C)ccc3o2)cc1NC(=O)CCl.